The molecule has 0 radical (unpaired) electrons. The molecule has 19 heavy (non-hydrogen) atoms. The van der Waals surface area contributed by atoms with Gasteiger partial charge in [-0.2, -0.15) is 0 Å². The normalized spacial score (nSPS) is 30.2. The Morgan fingerprint density at radius 1 is 1.37 bits per heavy atom. The fourth-order valence-electron chi connectivity index (χ4n) is 2.87. The van der Waals surface area contributed by atoms with Gasteiger partial charge in [0.1, 0.15) is 5.54 Å². The molecule has 0 spiro atoms. The lowest BCUT2D eigenvalue weighted by molar-refractivity contribution is -0.151. The van der Waals surface area contributed by atoms with E-state index >= 15 is 0 Å². The van der Waals surface area contributed by atoms with Gasteiger partial charge < -0.3 is 15.7 Å². The summed E-state index contributed by atoms with van der Waals surface area (Å²) in [6.45, 7) is 4.11. The highest BCUT2D eigenvalue weighted by Gasteiger charge is 2.51. The zero-order valence-electron chi connectivity index (χ0n) is 11.5. The first-order valence-corrected chi connectivity index (χ1v) is 6.68. The minimum Gasteiger partial charge on any atom is -0.479 e. The Hall–Kier alpha value is -1.70. The van der Waals surface area contributed by atoms with Crippen molar-refractivity contribution in [2.24, 2.45) is 11.8 Å². The Labute approximate surface area is 114 Å². The van der Waals surface area contributed by atoms with Crippen LogP contribution in [0.4, 0.5) is 4.79 Å². The predicted octanol–water partition coefficient (Wildman–Crippen LogP) is 1.59. The Morgan fingerprint density at radius 3 is 2.42 bits per heavy atom. The lowest BCUT2D eigenvalue weighted by Gasteiger charge is -2.44. The Balaban J connectivity index is 2.79. The molecule has 1 rings (SSSR count). The molecule has 2 unspecified atom stereocenters. The van der Waals surface area contributed by atoms with E-state index in [1.165, 1.54) is 0 Å². The highest BCUT2D eigenvalue weighted by atomic mass is 16.4. The van der Waals surface area contributed by atoms with Crippen LogP contribution in [0, 0.1) is 24.2 Å². The number of carbonyl (C=O) groups is 2. The summed E-state index contributed by atoms with van der Waals surface area (Å²) >= 11 is 0. The first-order chi connectivity index (χ1) is 8.95. The number of nitrogens with one attached hydrogen (secondary N) is 2. The molecule has 0 aromatic rings. The average Bonchev–Trinajstić information content (AvgIpc) is 2.34. The molecule has 0 aromatic heterocycles. The third kappa shape index (κ3) is 3.19. The van der Waals surface area contributed by atoms with Crippen LogP contribution in [0.1, 0.15) is 39.5 Å². The van der Waals surface area contributed by atoms with Gasteiger partial charge in [0.25, 0.3) is 0 Å². The number of rotatable bonds is 4. The summed E-state index contributed by atoms with van der Waals surface area (Å²) in [7, 11) is 0. The van der Waals surface area contributed by atoms with E-state index in [0.29, 0.717) is 13.0 Å². The molecule has 1 saturated carbocycles. The van der Waals surface area contributed by atoms with Gasteiger partial charge in [0, 0.05) is 13.0 Å². The Bertz CT molecular complexity index is 377. The van der Waals surface area contributed by atoms with E-state index in [2.05, 4.69) is 16.6 Å². The van der Waals surface area contributed by atoms with Crippen molar-refractivity contribution in [3.05, 3.63) is 0 Å². The van der Waals surface area contributed by atoms with E-state index in [1.54, 1.807) is 0 Å². The van der Waals surface area contributed by atoms with E-state index in [9.17, 15) is 14.7 Å². The van der Waals surface area contributed by atoms with Crippen LogP contribution in [-0.4, -0.2) is 29.2 Å². The van der Waals surface area contributed by atoms with Crippen LogP contribution in [0.15, 0.2) is 0 Å². The van der Waals surface area contributed by atoms with Gasteiger partial charge in [0.2, 0.25) is 0 Å². The number of amides is 2. The summed E-state index contributed by atoms with van der Waals surface area (Å²) in [5, 5.41) is 14.8. The molecule has 1 aliphatic carbocycles. The molecule has 1 aliphatic rings. The zero-order chi connectivity index (χ0) is 14.5. The van der Waals surface area contributed by atoms with Gasteiger partial charge in [-0.15, -0.1) is 12.3 Å². The molecular weight excluding hydrogens is 244 g/mol. The van der Waals surface area contributed by atoms with Crippen LogP contribution in [0.2, 0.25) is 0 Å². The second kappa shape index (κ2) is 6.46. The van der Waals surface area contributed by atoms with Crippen molar-refractivity contribution in [2.45, 2.75) is 45.1 Å². The second-order valence-electron chi connectivity index (χ2n) is 5.24. The van der Waals surface area contributed by atoms with Crippen molar-refractivity contribution in [3.63, 3.8) is 0 Å². The molecule has 0 aromatic carbocycles. The van der Waals surface area contributed by atoms with Crippen molar-refractivity contribution in [3.8, 4) is 12.3 Å². The number of carboxylic acids is 1. The van der Waals surface area contributed by atoms with Gasteiger partial charge in [-0.3, -0.25) is 0 Å². The third-order valence-corrected chi connectivity index (χ3v) is 4.06. The van der Waals surface area contributed by atoms with E-state index in [1.807, 2.05) is 13.8 Å². The average molecular weight is 266 g/mol. The maximum absolute atomic E-state index is 11.8. The molecule has 106 valence electrons. The van der Waals surface area contributed by atoms with Crippen LogP contribution in [0.3, 0.4) is 0 Å². The van der Waals surface area contributed by atoms with E-state index in [0.717, 1.165) is 19.3 Å². The summed E-state index contributed by atoms with van der Waals surface area (Å²) in [5.41, 5.74) is -1.18. The summed E-state index contributed by atoms with van der Waals surface area (Å²) in [5.74, 6) is 1.28. The van der Waals surface area contributed by atoms with Crippen molar-refractivity contribution < 1.29 is 14.7 Å². The number of carbonyl (C=O) groups excluding carboxylic acids is 1. The van der Waals surface area contributed by atoms with Gasteiger partial charge in [-0.05, 0) is 24.7 Å². The number of aliphatic carboxylic acids is 1. The van der Waals surface area contributed by atoms with Crippen molar-refractivity contribution in [1.82, 2.24) is 10.6 Å². The second-order valence-corrected chi connectivity index (χ2v) is 5.24. The first kappa shape index (κ1) is 15.4. The summed E-state index contributed by atoms with van der Waals surface area (Å²) < 4.78 is 0. The van der Waals surface area contributed by atoms with Crippen molar-refractivity contribution in [1.29, 1.82) is 0 Å². The lowest BCUT2D eigenvalue weighted by atomic mass is 9.67. The van der Waals surface area contributed by atoms with Gasteiger partial charge in [0.05, 0.1) is 0 Å². The summed E-state index contributed by atoms with van der Waals surface area (Å²) in [6.07, 6.45) is 8.14. The van der Waals surface area contributed by atoms with Crippen LogP contribution < -0.4 is 10.6 Å². The largest absolute Gasteiger partial charge is 0.479 e. The monoisotopic (exact) mass is 266 g/mol. The Morgan fingerprint density at radius 2 is 1.95 bits per heavy atom. The van der Waals surface area contributed by atoms with Crippen LogP contribution >= 0.6 is 0 Å². The van der Waals surface area contributed by atoms with Crippen LogP contribution in [0.5, 0.6) is 0 Å². The molecule has 0 saturated heterocycles. The van der Waals surface area contributed by atoms with Crippen LogP contribution in [0.25, 0.3) is 0 Å². The van der Waals surface area contributed by atoms with Crippen LogP contribution in [-0.2, 0) is 4.79 Å². The highest BCUT2D eigenvalue weighted by Crippen LogP contribution is 2.38. The SMILES string of the molecule is C#CCCNC(=O)NC1(C(=O)O)C(C)CCCC1C. The molecule has 5 heteroatoms. The number of urea groups is 1. The minimum atomic E-state index is -1.18. The van der Waals surface area contributed by atoms with Gasteiger partial charge in [-0.25, -0.2) is 9.59 Å². The lowest BCUT2D eigenvalue weighted by Crippen LogP contribution is -2.65. The van der Waals surface area contributed by atoms with Crippen molar-refractivity contribution in [2.75, 3.05) is 6.54 Å². The smallest absolute Gasteiger partial charge is 0.330 e. The molecular formula is C14H22N2O3. The van der Waals surface area contributed by atoms with Gasteiger partial charge in [0.15, 0.2) is 0 Å². The first-order valence-electron chi connectivity index (χ1n) is 6.68. The third-order valence-electron chi connectivity index (χ3n) is 4.06. The number of hydrogen-bond acceptors (Lipinski definition) is 2. The quantitative estimate of drug-likeness (QED) is 0.534. The highest BCUT2D eigenvalue weighted by molar-refractivity contribution is 5.87. The molecule has 0 heterocycles. The molecule has 3 N–H and O–H groups in total. The minimum absolute atomic E-state index is 0.0906. The molecule has 0 aliphatic heterocycles. The summed E-state index contributed by atoms with van der Waals surface area (Å²) in [4.78, 5) is 23.5. The van der Waals surface area contributed by atoms with E-state index < -0.39 is 17.5 Å². The number of terminal acetylenes is 1. The molecule has 1 fully saturated rings. The fraction of sp³-hybridized carbons (Fsp3) is 0.714. The summed E-state index contributed by atoms with van der Waals surface area (Å²) in [6, 6.07) is -0.460. The molecule has 5 nitrogen and oxygen atoms in total. The predicted molar refractivity (Wildman–Crippen MR) is 72.5 cm³/mol. The standard InChI is InChI=1S/C14H22N2O3/c1-4-5-9-15-13(19)16-14(12(17)18)10(2)7-6-8-11(14)3/h1,10-11H,5-9H2,2-3H3,(H,17,18)(H2,15,16,19). The number of carboxylic acid groups (broad SMARTS) is 1. The zero-order valence-corrected chi connectivity index (χ0v) is 11.5. The number of hydrogen-bond donors (Lipinski definition) is 3. The van der Waals surface area contributed by atoms with Crippen molar-refractivity contribution >= 4 is 12.0 Å². The molecule has 2 atom stereocenters. The van der Waals surface area contributed by atoms with Gasteiger partial charge >= 0.3 is 12.0 Å². The molecule has 0 bridgehead atoms. The van der Waals surface area contributed by atoms with E-state index in [-0.39, 0.29) is 11.8 Å². The maximum atomic E-state index is 11.8. The topological polar surface area (TPSA) is 78.4 Å². The molecule has 2 amide bonds. The van der Waals surface area contributed by atoms with Gasteiger partial charge in [-0.1, -0.05) is 20.3 Å². The van der Waals surface area contributed by atoms with E-state index in [4.69, 9.17) is 6.42 Å². The Kier molecular flexibility index (Phi) is 5.22. The fourth-order valence-corrected chi connectivity index (χ4v) is 2.87. The maximum Gasteiger partial charge on any atom is 0.330 e.